The predicted octanol–water partition coefficient (Wildman–Crippen LogP) is 3.63. The van der Waals surface area contributed by atoms with Gasteiger partial charge in [0.2, 0.25) is 0 Å². The van der Waals surface area contributed by atoms with Gasteiger partial charge in [0.15, 0.2) is 0 Å². The smallest absolute Gasteiger partial charge is 0.311 e. The minimum absolute atomic E-state index is 0.0521. The molecule has 1 atom stereocenters. The zero-order valence-electron chi connectivity index (χ0n) is 12.1. The van der Waals surface area contributed by atoms with Crippen molar-refractivity contribution in [2.75, 3.05) is 6.61 Å². The minimum atomic E-state index is -0.753. The number of ether oxygens (including phenoxy) is 1. The highest BCUT2D eigenvalue weighted by Gasteiger charge is 2.30. The maximum atomic E-state index is 11.5. The molecule has 1 heterocycles. The van der Waals surface area contributed by atoms with E-state index in [1.807, 2.05) is 13.0 Å². The molecule has 0 aliphatic carbocycles. The summed E-state index contributed by atoms with van der Waals surface area (Å²) in [6.07, 6.45) is 1.43. The molecule has 0 aromatic heterocycles. The van der Waals surface area contributed by atoms with Gasteiger partial charge in [-0.15, -0.1) is 0 Å². The molecule has 1 N–H and O–H groups in total. The van der Waals surface area contributed by atoms with Crippen molar-refractivity contribution in [1.29, 1.82) is 0 Å². The van der Waals surface area contributed by atoms with Crippen LogP contribution < -0.4 is 4.74 Å². The molecule has 0 spiro atoms. The molecule has 0 bridgehead atoms. The average molecular weight is 262 g/mol. The summed E-state index contributed by atoms with van der Waals surface area (Å²) >= 11 is 0. The summed E-state index contributed by atoms with van der Waals surface area (Å²) in [6.45, 7) is 9.01. The molecule has 0 fully saturated rings. The Bertz CT molecular complexity index is 497. The number of aryl methyl sites for hydroxylation is 1. The van der Waals surface area contributed by atoms with Gasteiger partial charge in [0, 0.05) is 11.1 Å². The number of hydrogen-bond donors (Lipinski definition) is 1. The summed E-state index contributed by atoms with van der Waals surface area (Å²) in [6, 6.07) is 4.08. The van der Waals surface area contributed by atoms with Gasteiger partial charge in [0.25, 0.3) is 0 Å². The molecule has 1 aromatic rings. The van der Waals surface area contributed by atoms with Gasteiger partial charge in [-0.2, -0.15) is 0 Å². The Morgan fingerprint density at radius 1 is 1.37 bits per heavy atom. The molecular weight excluding hydrogens is 240 g/mol. The van der Waals surface area contributed by atoms with Gasteiger partial charge < -0.3 is 9.84 Å². The Morgan fingerprint density at radius 2 is 2.05 bits per heavy atom. The van der Waals surface area contributed by atoms with Crippen molar-refractivity contribution in [2.24, 2.45) is 0 Å². The number of benzene rings is 1. The van der Waals surface area contributed by atoms with Crippen LogP contribution in [0.4, 0.5) is 0 Å². The molecule has 1 unspecified atom stereocenters. The van der Waals surface area contributed by atoms with Crippen LogP contribution in [0.3, 0.4) is 0 Å². The molecule has 19 heavy (non-hydrogen) atoms. The lowest BCUT2D eigenvalue weighted by Gasteiger charge is -2.25. The second-order valence-electron chi connectivity index (χ2n) is 6.36. The van der Waals surface area contributed by atoms with Gasteiger partial charge in [-0.3, -0.25) is 4.79 Å². The molecule has 1 aromatic carbocycles. The summed E-state index contributed by atoms with van der Waals surface area (Å²) in [5.41, 5.74) is 3.00. The summed E-state index contributed by atoms with van der Waals surface area (Å²) < 4.78 is 5.88. The number of carboxylic acids is 1. The van der Waals surface area contributed by atoms with Crippen LogP contribution in [0.2, 0.25) is 0 Å². The van der Waals surface area contributed by atoms with Crippen LogP contribution in [-0.2, 0) is 10.2 Å². The lowest BCUT2D eigenvalue weighted by atomic mass is 9.81. The zero-order valence-corrected chi connectivity index (χ0v) is 12.1. The highest BCUT2D eigenvalue weighted by molar-refractivity contribution is 5.78. The zero-order chi connectivity index (χ0) is 14.2. The SMILES string of the molecule is Cc1cc2c(c(C(C)(C)C)c1)OCCCC2C(=O)O. The van der Waals surface area contributed by atoms with E-state index in [1.165, 1.54) is 0 Å². The second-order valence-corrected chi connectivity index (χ2v) is 6.36. The molecular formula is C16H22O3. The lowest BCUT2D eigenvalue weighted by molar-refractivity contribution is -0.138. The van der Waals surface area contributed by atoms with Crippen LogP contribution in [0, 0.1) is 6.92 Å². The first kappa shape index (κ1) is 13.9. The largest absolute Gasteiger partial charge is 0.493 e. The predicted molar refractivity (Wildman–Crippen MR) is 75.0 cm³/mol. The first-order chi connectivity index (χ1) is 8.80. The Morgan fingerprint density at radius 3 is 2.63 bits per heavy atom. The van der Waals surface area contributed by atoms with Gasteiger partial charge in [-0.25, -0.2) is 0 Å². The van der Waals surface area contributed by atoms with E-state index in [9.17, 15) is 9.90 Å². The Hall–Kier alpha value is -1.51. The maximum Gasteiger partial charge on any atom is 0.311 e. The van der Waals surface area contributed by atoms with Crippen molar-refractivity contribution in [3.8, 4) is 5.75 Å². The third-order valence-corrected chi connectivity index (χ3v) is 3.63. The number of carbonyl (C=O) groups is 1. The molecule has 2 rings (SSSR count). The average Bonchev–Trinajstić information content (AvgIpc) is 2.48. The van der Waals surface area contributed by atoms with E-state index < -0.39 is 11.9 Å². The first-order valence-electron chi connectivity index (χ1n) is 6.81. The fourth-order valence-electron chi connectivity index (χ4n) is 2.65. The van der Waals surface area contributed by atoms with Crippen LogP contribution >= 0.6 is 0 Å². The van der Waals surface area contributed by atoms with Gasteiger partial charge in [-0.1, -0.05) is 38.5 Å². The molecule has 3 heteroatoms. The molecule has 104 valence electrons. The van der Waals surface area contributed by atoms with Gasteiger partial charge in [0.05, 0.1) is 12.5 Å². The van der Waals surface area contributed by atoms with Gasteiger partial charge in [-0.05, 0) is 25.2 Å². The van der Waals surface area contributed by atoms with E-state index in [4.69, 9.17) is 4.74 Å². The molecule has 0 radical (unpaired) electrons. The third kappa shape index (κ3) is 2.75. The summed E-state index contributed by atoms with van der Waals surface area (Å²) in [7, 11) is 0. The molecule has 0 saturated carbocycles. The van der Waals surface area contributed by atoms with Crippen molar-refractivity contribution in [3.05, 3.63) is 28.8 Å². The van der Waals surface area contributed by atoms with Gasteiger partial charge in [0.1, 0.15) is 5.75 Å². The van der Waals surface area contributed by atoms with E-state index in [0.29, 0.717) is 13.0 Å². The van der Waals surface area contributed by atoms with E-state index in [-0.39, 0.29) is 5.41 Å². The fourth-order valence-corrected chi connectivity index (χ4v) is 2.65. The minimum Gasteiger partial charge on any atom is -0.493 e. The molecule has 3 nitrogen and oxygen atoms in total. The molecule has 1 aliphatic rings. The van der Waals surface area contributed by atoms with Crippen molar-refractivity contribution >= 4 is 5.97 Å². The van der Waals surface area contributed by atoms with E-state index in [1.54, 1.807) is 0 Å². The highest BCUT2D eigenvalue weighted by Crippen LogP contribution is 2.41. The van der Waals surface area contributed by atoms with Crippen LogP contribution in [-0.4, -0.2) is 17.7 Å². The molecule has 0 saturated heterocycles. The highest BCUT2D eigenvalue weighted by atomic mass is 16.5. The Labute approximate surface area is 114 Å². The standard InChI is InChI=1S/C16H22O3/c1-10-8-12-11(15(17)18)6-5-7-19-14(12)13(9-10)16(2,3)4/h8-9,11H,5-7H2,1-4H3,(H,17,18). The van der Waals surface area contributed by atoms with Crippen LogP contribution in [0.25, 0.3) is 0 Å². The first-order valence-corrected chi connectivity index (χ1v) is 6.81. The molecule has 0 amide bonds. The molecule has 1 aliphatic heterocycles. The summed E-state index contributed by atoms with van der Waals surface area (Å²) in [4.78, 5) is 11.5. The van der Waals surface area contributed by atoms with Crippen LogP contribution in [0.15, 0.2) is 12.1 Å². The van der Waals surface area contributed by atoms with Gasteiger partial charge >= 0.3 is 5.97 Å². The number of rotatable bonds is 1. The van der Waals surface area contributed by atoms with Crippen molar-refractivity contribution < 1.29 is 14.6 Å². The van der Waals surface area contributed by atoms with Crippen LogP contribution in [0.1, 0.15) is 56.2 Å². The quantitative estimate of drug-likeness (QED) is 0.840. The lowest BCUT2D eigenvalue weighted by Crippen LogP contribution is -2.17. The van der Waals surface area contributed by atoms with Crippen molar-refractivity contribution in [3.63, 3.8) is 0 Å². The normalized spacial score (nSPS) is 19.3. The second kappa shape index (κ2) is 4.87. The monoisotopic (exact) mass is 262 g/mol. The van der Waals surface area contributed by atoms with Crippen molar-refractivity contribution in [2.45, 2.75) is 51.9 Å². The summed E-state index contributed by atoms with van der Waals surface area (Å²) in [5.74, 6) is -0.404. The summed E-state index contributed by atoms with van der Waals surface area (Å²) in [5, 5.41) is 9.44. The van der Waals surface area contributed by atoms with Crippen molar-refractivity contribution in [1.82, 2.24) is 0 Å². The van der Waals surface area contributed by atoms with Crippen LogP contribution in [0.5, 0.6) is 5.75 Å². The number of hydrogen-bond acceptors (Lipinski definition) is 2. The van der Waals surface area contributed by atoms with E-state index in [0.717, 1.165) is 28.9 Å². The third-order valence-electron chi connectivity index (χ3n) is 3.63. The fraction of sp³-hybridized carbons (Fsp3) is 0.562. The topological polar surface area (TPSA) is 46.5 Å². The van der Waals surface area contributed by atoms with E-state index in [2.05, 4.69) is 26.8 Å². The van der Waals surface area contributed by atoms with E-state index >= 15 is 0 Å². The number of aliphatic carboxylic acids is 1. The maximum absolute atomic E-state index is 11.5. The number of carboxylic acid groups (broad SMARTS) is 1. The Balaban J connectivity index is 2.65. The Kier molecular flexibility index (Phi) is 3.57. The number of fused-ring (bicyclic) bond motifs is 1.